The van der Waals surface area contributed by atoms with Crippen LogP contribution in [0.15, 0.2) is 24.3 Å². The van der Waals surface area contributed by atoms with Gasteiger partial charge in [-0.15, -0.1) is 0 Å². The van der Waals surface area contributed by atoms with E-state index in [1.807, 2.05) is 0 Å². The first-order valence-corrected chi connectivity index (χ1v) is 7.47. The maximum atomic E-state index is 13.0. The van der Waals surface area contributed by atoms with Gasteiger partial charge in [0.15, 0.2) is 0 Å². The van der Waals surface area contributed by atoms with Crippen molar-refractivity contribution in [3.63, 3.8) is 0 Å². The third-order valence-electron chi connectivity index (χ3n) is 3.90. The van der Waals surface area contributed by atoms with Gasteiger partial charge in [-0.25, -0.2) is 0 Å². The highest BCUT2D eigenvalue weighted by atomic mass is 19.4. The van der Waals surface area contributed by atoms with Gasteiger partial charge in [0.25, 0.3) is 0 Å². The summed E-state index contributed by atoms with van der Waals surface area (Å²) in [7, 11) is 0. The van der Waals surface area contributed by atoms with E-state index in [4.69, 9.17) is 0 Å². The van der Waals surface area contributed by atoms with Gasteiger partial charge in [-0.05, 0) is 37.1 Å². The molecule has 0 amide bonds. The van der Waals surface area contributed by atoms with E-state index in [0.717, 1.165) is 26.1 Å². The Morgan fingerprint density at radius 1 is 1.29 bits per heavy atom. The molecule has 0 bridgehead atoms. The lowest BCUT2D eigenvalue weighted by Crippen LogP contribution is -2.30. The van der Waals surface area contributed by atoms with Crippen LogP contribution in [0.5, 0.6) is 0 Å². The molecule has 1 fully saturated rings. The Kier molecular flexibility index (Phi) is 5.27. The van der Waals surface area contributed by atoms with E-state index in [0.29, 0.717) is 24.1 Å². The maximum absolute atomic E-state index is 13.0. The lowest BCUT2D eigenvalue weighted by Gasteiger charge is -2.20. The number of nitrogens with one attached hydrogen (secondary N) is 1. The molecule has 1 N–H and O–H groups in total. The van der Waals surface area contributed by atoms with E-state index in [1.54, 1.807) is 12.1 Å². The average molecular weight is 300 g/mol. The largest absolute Gasteiger partial charge is 0.416 e. The molecule has 1 unspecified atom stereocenters. The van der Waals surface area contributed by atoms with Crippen molar-refractivity contribution in [1.82, 2.24) is 10.2 Å². The summed E-state index contributed by atoms with van der Waals surface area (Å²) in [6.07, 6.45) is -3.22. The summed E-state index contributed by atoms with van der Waals surface area (Å²) >= 11 is 0. The molecule has 1 aliphatic rings. The Hall–Kier alpha value is -1.07. The van der Waals surface area contributed by atoms with Crippen LogP contribution >= 0.6 is 0 Å². The molecule has 1 aliphatic heterocycles. The molecule has 0 spiro atoms. The fourth-order valence-corrected chi connectivity index (χ4v) is 2.80. The van der Waals surface area contributed by atoms with Crippen LogP contribution in [0.4, 0.5) is 13.2 Å². The summed E-state index contributed by atoms with van der Waals surface area (Å²) in [6.45, 7) is 7.27. The molecule has 2 nitrogen and oxygen atoms in total. The molecule has 0 radical (unpaired) electrons. The van der Waals surface area contributed by atoms with Crippen molar-refractivity contribution in [3.05, 3.63) is 35.4 Å². The molecule has 1 heterocycles. The molecule has 1 aromatic carbocycles. The summed E-state index contributed by atoms with van der Waals surface area (Å²) in [6, 6.07) is 6.33. The highest BCUT2D eigenvalue weighted by Crippen LogP contribution is 2.33. The highest BCUT2D eigenvalue weighted by molar-refractivity contribution is 5.29. The molecule has 21 heavy (non-hydrogen) atoms. The van der Waals surface area contributed by atoms with Gasteiger partial charge >= 0.3 is 6.18 Å². The first kappa shape index (κ1) is 16.3. The number of nitrogens with zero attached hydrogens (tertiary/aromatic N) is 1. The van der Waals surface area contributed by atoms with Crippen LogP contribution < -0.4 is 5.32 Å². The van der Waals surface area contributed by atoms with Crippen LogP contribution in [0.3, 0.4) is 0 Å². The van der Waals surface area contributed by atoms with Gasteiger partial charge in [0.05, 0.1) is 5.56 Å². The Bertz CT molecular complexity index is 457. The van der Waals surface area contributed by atoms with Gasteiger partial charge in [-0.2, -0.15) is 13.2 Å². The zero-order chi connectivity index (χ0) is 15.5. The lowest BCUT2D eigenvalue weighted by molar-refractivity contribution is -0.138. The fraction of sp³-hybridized carbons (Fsp3) is 0.625. The van der Waals surface area contributed by atoms with Crippen molar-refractivity contribution < 1.29 is 13.2 Å². The van der Waals surface area contributed by atoms with Crippen molar-refractivity contribution >= 4 is 0 Å². The van der Waals surface area contributed by atoms with Gasteiger partial charge in [0.1, 0.15) is 0 Å². The number of hydrogen-bond donors (Lipinski definition) is 1. The van der Waals surface area contributed by atoms with Gasteiger partial charge in [0, 0.05) is 19.1 Å². The molecule has 1 saturated heterocycles. The molecule has 2 rings (SSSR count). The number of rotatable bonds is 5. The summed E-state index contributed by atoms with van der Waals surface area (Å²) in [5, 5.41) is 3.40. The van der Waals surface area contributed by atoms with Gasteiger partial charge in [-0.1, -0.05) is 32.0 Å². The Labute approximate surface area is 124 Å². The number of halogens is 3. The predicted molar refractivity (Wildman–Crippen MR) is 78.0 cm³/mol. The molecule has 1 aromatic rings. The lowest BCUT2D eigenvalue weighted by atomic mass is 10.1. The van der Waals surface area contributed by atoms with E-state index in [2.05, 4.69) is 24.1 Å². The minimum atomic E-state index is -4.27. The second-order valence-electron chi connectivity index (χ2n) is 6.11. The predicted octanol–water partition coefficient (Wildman–Crippen LogP) is 3.53. The standard InChI is InChI=1S/C16H23F3N2/c1-12(2)20-9-13-7-8-21(10-13)11-14-5-3-4-6-15(14)16(17,18)19/h3-6,12-13,20H,7-11H2,1-2H3. The Balaban J connectivity index is 1.95. The van der Waals surface area contributed by atoms with Gasteiger partial charge in [0.2, 0.25) is 0 Å². The SMILES string of the molecule is CC(C)NCC1CCN(Cc2ccccc2C(F)(F)F)C1. The van der Waals surface area contributed by atoms with Crippen molar-refractivity contribution in [1.29, 1.82) is 0 Å². The van der Waals surface area contributed by atoms with Crippen molar-refractivity contribution in [2.24, 2.45) is 5.92 Å². The van der Waals surface area contributed by atoms with Crippen LogP contribution in [-0.4, -0.2) is 30.6 Å². The first-order chi connectivity index (χ1) is 9.86. The molecule has 118 valence electrons. The zero-order valence-corrected chi connectivity index (χ0v) is 12.6. The summed E-state index contributed by atoms with van der Waals surface area (Å²) < 4.78 is 38.9. The summed E-state index contributed by atoms with van der Waals surface area (Å²) in [4.78, 5) is 2.12. The Morgan fingerprint density at radius 3 is 2.67 bits per heavy atom. The smallest absolute Gasteiger partial charge is 0.314 e. The third-order valence-corrected chi connectivity index (χ3v) is 3.90. The fourth-order valence-electron chi connectivity index (χ4n) is 2.80. The second kappa shape index (κ2) is 6.79. The third kappa shape index (κ3) is 4.71. The van der Waals surface area contributed by atoms with Crippen LogP contribution in [0, 0.1) is 5.92 Å². The van der Waals surface area contributed by atoms with Crippen LogP contribution in [0.2, 0.25) is 0 Å². The van der Waals surface area contributed by atoms with E-state index in [-0.39, 0.29) is 0 Å². The normalized spacial score (nSPS) is 20.4. The second-order valence-corrected chi connectivity index (χ2v) is 6.11. The first-order valence-electron chi connectivity index (χ1n) is 7.47. The topological polar surface area (TPSA) is 15.3 Å². The van der Waals surface area contributed by atoms with Crippen LogP contribution in [-0.2, 0) is 12.7 Å². The van der Waals surface area contributed by atoms with Gasteiger partial charge < -0.3 is 5.32 Å². The molecule has 1 atom stereocenters. The number of benzene rings is 1. The van der Waals surface area contributed by atoms with Crippen LogP contribution in [0.25, 0.3) is 0 Å². The van der Waals surface area contributed by atoms with E-state index in [1.165, 1.54) is 12.1 Å². The molecule has 0 saturated carbocycles. The maximum Gasteiger partial charge on any atom is 0.416 e. The van der Waals surface area contributed by atoms with Crippen molar-refractivity contribution in [2.75, 3.05) is 19.6 Å². The van der Waals surface area contributed by atoms with E-state index >= 15 is 0 Å². The van der Waals surface area contributed by atoms with Crippen molar-refractivity contribution in [3.8, 4) is 0 Å². The Morgan fingerprint density at radius 2 is 2.00 bits per heavy atom. The summed E-state index contributed by atoms with van der Waals surface area (Å²) in [5.74, 6) is 0.533. The van der Waals surface area contributed by atoms with E-state index in [9.17, 15) is 13.2 Å². The molecule has 5 heteroatoms. The van der Waals surface area contributed by atoms with Crippen LogP contribution in [0.1, 0.15) is 31.4 Å². The van der Waals surface area contributed by atoms with Crippen molar-refractivity contribution in [2.45, 2.75) is 39.0 Å². The minimum absolute atomic E-state index is 0.377. The number of likely N-dealkylation sites (tertiary alicyclic amines) is 1. The average Bonchev–Trinajstić information content (AvgIpc) is 2.83. The molecule has 0 aliphatic carbocycles. The van der Waals surface area contributed by atoms with E-state index < -0.39 is 11.7 Å². The number of alkyl halides is 3. The minimum Gasteiger partial charge on any atom is -0.314 e. The van der Waals surface area contributed by atoms with Gasteiger partial charge in [-0.3, -0.25) is 4.90 Å². The molecular formula is C16H23F3N2. The summed E-state index contributed by atoms with van der Waals surface area (Å²) in [5.41, 5.74) is -0.128. The molecule has 0 aromatic heterocycles. The highest BCUT2D eigenvalue weighted by Gasteiger charge is 2.33. The monoisotopic (exact) mass is 300 g/mol. The zero-order valence-electron chi connectivity index (χ0n) is 12.6. The molecular weight excluding hydrogens is 277 g/mol. The quantitative estimate of drug-likeness (QED) is 0.895. The number of hydrogen-bond acceptors (Lipinski definition) is 2.